The Balaban J connectivity index is 1.99. The van der Waals surface area contributed by atoms with Crippen LogP contribution in [-0.2, 0) is 0 Å². The number of rotatable bonds is 1. The molecule has 0 unspecified atom stereocenters. The molecule has 0 fully saturated rings. The van der Waals surface area contributed by atoms with Gasteiger partial charge >= 0.3 is 0 Å². The quantitative estimate of drug-likeness (QED) is 0.698. The van der Waals surface area contributed by atoms with Crippen molar-refractivity contribution < 1.29 is 14.0 Å². The molecule has 0 saturated carbocycles. The Bertz CT molecular complexity index is 963. The van der Waals surface area contributed by atoms with Gasteiger partial charge < -0.3 is 0 Å². The highest BCUT2D eigenvalue weighted by Crippen LogP contribution is 2.33. The Labute approximate surface area is 123 Å². The number of benzene rings is 1. The number of carbonyl (C=O) groups is 2. The van der Waals surface area contributed by atoms with Gasteiger partial charge in [-0.25, -0.2) is 14.3 Å². The van der Waals surface area contributed by atoms with Gasteiger partial charge in [0, 0.05) is 11.9 Å². The Morgan fingerprint density at radius 2 is 1.95 bits per heavy atom. The number of amides is 2. The Morgan fingerprint density at radius 3 is 2.73 bits per heavy atom. The summed E-state index contributed by atoms with van der Waals surface area (Å²) < 4.78 is 14.0. The van der Waals surface area contributed by atoms with Crippen LogP contribution in [-0.4, -0.2) is 27.0 Å². The Hall–Kier alpha value is -3.09. The molecule has 3 heterocycles. The van der Waals surface area contributed by atoms with Crippen LogP contribution in [0.25, 0.3) is 11.0 Å². The molecule has 2 aromatic heterocycles. The van der Waals surface area contributed by atoms with Crippen LogP contribution in [0, 0.1) is 12.7 Å². The third-order valence-electron chi connectivity index (χ3n) is 3.71. The van der Waals surface area contributed by atoms with Gasteiger partial charge in [-0.05, 0) is 19.1 Å². The number of nitrogens with one attached hydrogen (secondary N) is 1. The topological polar surface area (TPSA) is 79.0 Å². The maximum atomic E-state index is 14.0. The van der Waals surface area contributed by atoms with Crippen molar-refractivity contribution in [3.05, 3.63) is 53.1 Å². The van der Waals surface area contributed by atoms with E-state index in [2.05, 4.69) is 15.2 Å². The molecule has 0 bridgehead atoms. The van der Waals surface area contributed by atoms with Crippen molar-refractivity contribution in [2.45, 2.75) is 6.92 Å². The minimum atomic E-state index is -0.634. The predicted molar refractivity (Wildman–Crippen MR) is 76.2 cm³/mol. The SMILES string of the molecule is Cc1[nH]nc2ncc3c(c12)C(=O)N(c1ccccc1F)C3=O. The molecule has 1 aromatic carbocycles. The zero-order valence-electron chi connectivity index (χ0n) is 11.4. The van der Waals surface area contributed by atoms with Gasteiger partial charge in [0.25, 0.3) is 11.8 Å². The molecule has 108 valence electrons. The van der Waals surface area contributed by atoms with Gasteiger partial charge in [0.1, 0.15) is 5.82 Å². The van der Waals surface area contributed by atoms with Crippen LogP contribution in [0.15, 0.2) is 30.5 Å². The molecule has 7 heteroatoms. The fourth-order valence-corrected chi connectivity index (χ4v) is 2.69. The van der Waals surface area contributed by atoms with Crippen molar-refractivity contribution in [2.24, 2.45) is 0 Å². The summed E-state index contributed by atoms with van der Waals surface area (Å²) in [6.07, 6.45) is 1.30. The lowest BCUT2D eigenvalue weighted by atomic mass is 10.1. The number of pyridine rings is 1. The van der Waals surface area contributed by atoms with Crippen molar-refractivity contribution in [1.29, 1.82) is 0 Å². The Morgan fingerprint density at radius 1 is 1.18 bits per heavy atom. The van der Waals surface area contributed by atoms with Gasteiger partial charge in [-0.2, -0.15) is 5.10 Å². The number of anilines is 1. The van der Waals surface area contributed by atoms with Gasteiger partial charge in [-0.3, -0.25) is 14.7 Å². The number of hydrogen-bond acceptors (Lipinski definition) is 4. The molecule has 0 saturated heterocycles. The van der Waals surface area contributed by atoms with Crippen LogP contribution < -0.4 is 4.90 Å². The van der Waals surface area contributed by atoms with Crippen molar-refractivity contribution >= 4 is 28.5 Å². The van der Waals surface area contributed by atoms with Crippen LogP contribution in [0.5, 0.6) is 0 Å². The molecular weight excluding hydrogens is 287 g/mol. The first-order valence-corrected chi connectivity index (χ1v) is 6.56. The summed E-state index contributed by atoms with van der Waals surface area (Å²) in [6.45, 7) is 1.74. The number of hydrogen-bond donors (Lipinski definition) is 1. The second-order valence-corrected chi connectivity index (χ2v) is 4.99. The van der Waals surface area contributed by atoms with Crippen molar-refractivity contribution in [2.75, 3.05) is 4.90 Å². The van der Waals surface area contributed by atoms with Crippen molar-refractivity contribution in [3.63, 3.8) is 0 Å². The molecule has 0 atom stereocenters. The van der Waals surface area contributed by atoms with E-state index < -0.39 is 17.6 Å². The van der Waals surface area contributed by atoms with Gasteiger partial charge in [-0.15, -0.1) is 0 Å². The van der Waals surface area contributed by atoms with E-state index in [4.69, 9.17) is 0 Å². The third kappa shape index (κ3) is 1.47. The van der Waals surface area contributed by atoms with E-state index in [-0.39, 0.29) is 16.8 Å². The molecular formula is C15H9FN4O2. The van der Waals surface area contributed by atoms with Crippen LogP contribution in [0.3, 0.4) is 0 Å². The maximum Gasteiger partial charge on any atom is 0.267 e. The van der Waals surface area contributed by atoms with E-state index in [0.717, 1.165) is 4.90 Å². The summed E-state index contributed by atoms with van der Waals surface area (Å²) in [6, 6.07) is 5.66. The van der Waals surface area contributed by atoms with E-state index in [0.29, 0.717) is 16.7 Å². The molecule has 1 N–H and O–H groups in total. The van der Waals surface area contributed by atoms with Crippen LogP contribution in [0.1, 0.15) is 26.4 Å². The fraction of sp³-hybridized carbons (Fsp3) is 0.0667. The lowest BCUT2D eigenvalue weighted by Gasteiger charge is -2.14. The third-order valence-corrected chi connectivity index (χ3v) is 3.71. The van der Waals surface area contributed by atoms with Gasteiger partial charge in [0.15, 0.2) is 5.65 Å². The highest BCUT2D eigenvalue weighted by Gasteiger charge is 2.40. The summed E-state index contributed by atoms with van der Waals surface area (Å²) >= 11 is 0. The number of para-hydroxylation sites is 1. The van der Waals surface area contributed by atoms with Crippen LogP contribution >= 0.6 is 0 Å². The molecule has 3 aromatic rings. The standard InChI is InChI=1S/C15H9FN4O2/c1-7-11-12-8(6-17-13(11)19-18-7)14(21)20(15(12)22)10-5-3-2-4-9(10)16/h2-6H,1H3,(H,17,18,19). The monoisotopic (exact) mass is 296 g/mol. The number of aromatic nitrogens is 3. The zero-order chi connectivity index (χ0) is 15.4. The summed E-state index contributed by atoms with van der Waals surface area (Å²) in [7, 11) is 0. The second kappa shape index (κ2) is 4.20. The lowest BCUT2D eigenvalue weighted by Crippen LogP contribution is -2.30. The van der Waals surface area contributed by atoms with Crippen LogP contribution in [0.2, 0.25) is 0 Å². The van der Waals surface area contributed by atoms with E-state index in [9.17, 15) is 14.0 Å². The first-order valence-electron chi connectivity index (χ1n) is 6.56. The molecule has 6 nitrogen and oxygen atoms in total. The average molecular weight is 296 g/mol. The number of imide groups is 1. The minimum Gasteiger partial charge on any atom is -0.280 e. The normalized spacial score (nSPS) is 14.0. The molecule has 0 radical (unpaired) electrons. The maximum absolute atomic E-state index is 14.0. The molecule has 2 amide bonds. The van der Waals surface area contributed by atoms with Gasteiger partial charge in [0.05, 0.1) is 22.2 Å². The second-order valence-electron chi connectivity index (χ2n) is 4.99. The van der Waals surface area contributed by atoms with E-state index in [1.165, 1.54) is 24.4 Å². The summed E-state index contributed by atoms with van der Waals surface area (Å²) in [5.74, 6) is -1.78. The number of fused-ring (bicyclic) bond motifs is 3. The molecule has 22 heavy (non-hydrogen) atoms. The number of aromatic amines is 1. The summed E-state index contributed by atoms with van der Waals surface area (Å²) in [5.41, 5.74) is 1.29. The highest BCUT2D eigenvalue weighted by atomic mass is 19.1. The van der Waals surface area contributed by atoms with E-state index in [1.807, 2.05) is 0 Å². The molecule has 1 aliphatic rings. The number of H-pyrrole nitrogens is 1. The smallest absolute Gasteiger partial charge is 0.267 e. The van der Waals surface area contributed by atoms with Gasteiger partial charge in [0.2, 0.25) is 0 Å². The number of nitrogens with zero attached hydrogens (tertiary/aromatic N) is 3. The zero-order valence-corrected chi connectivity index (χ0v) is 11.4. The molecule has 0 spiro atoms. The van der Waals surface area contributed by atoms with Crippen molar-refractivity contribution in [1.82, 2.24) is 15.2 Å². The summed E-state index contributed by atoms with van der Waals surface area (Å²) in [4.78, 5) is 30.1. The number of aryl methyl sites for hydroxylation is 1. The highest BCUT2D eigenvalue weighted by molar-refractivity contribution is 6.37. The van der Waals surface area contributed by atoms with Crippen LogP contribution in [0.4, 0.5) is 10.1 Å². The minimum absolute atomic E-state index is 0.0667. The average Bonchev–Trinajstić information content (AvgIpc) is 3.00. The lowest BCUT2D eigenvalue weighted by molar-refractivity contribution is 0.0925. The molecule has 1 aliphatic heterocycles. The number of halogens is 1. The number of carbonyl (C=O) groups excluding carboxylic acids is 2. The predicted octanol–water partition coefficient (Wildman–Crippen LogP) is 2.21. The Kier molecular flexibility index (Phi) is 2.41. The van der Waals surface area contributed by atoms with E-state index in [1.54, 1.807) is 13.0 Å². The first-order chi connectivity index (χ1) is 10.6. The molecule has 0 aliphatic carbocycles. The summed E-state index contributed by atoms with van der Waals surface area (Å²) in [5, 5.41) is 7.21. The largest absolute Gasteiger partial charge is 0.280 e. The van der Waals surface area contributed by atoms with Gasteiger partial charge in [-0.1, -0.05) is 12.1 Å². The van der Waals surface area contributed by atoms with Crippen molar-refractivity contribution in [3.8, 4) is 0 Å². The van der Waals surface area contributed by atoms with E-state index >= 15 is 0 Å². The molecule has 4 rings (SSSR count). The fourth-order valence-electron chi connectivity index (χ4n) is 2.69. The first kappa shape index (κ1) is 12.6.